The van der Waals surface area contributed by atoms with Crippen LogP contribution in [0.25, 0.3) is 0 Å². The van der Waals surface area contributed by atoms with Gasteiger partial charge in [0, 0.05) is 18.1 Å². The Morgan fingerprint density at radius 3 is 2.27 bits per heavy atom. The van der Waals surface area contributed by atoms with Crippen molar-refractivity contribution in [1.29, 1.82) is 0 Å². The Hall–Kier alpha value is -2.62. The van der Waals surface area contributed by atoms with Crippen molar-refractivity contribution < 1.29 is 27.5 Å². The Morgan fingerprint density at radius 2 is 1.70 bits per heavy atom. The van der Waals surface area contributed by atoms with E-state index < -0.39 is 28.5 Å². The van der Waals surface area contributed by atoms with Crippen molar-refractivity contribution in [2.45, 2.75) is 18.7 Å². The average molecular weight is 455 g/mol. The lowest BCUT2D eigenvalue weighted by Crippen LogP contribution is -2.30. The Labute approximate surface area is 180 Å². The molecule has 0 aromatic heterocycles. The van der Waals surface area contributed by atoms with Crippen LogP contribution in [0.3, 0.4) is 0 Å². The van der Waals surface area contributed by atoms with Gasteiger partial charge in [-0.05, 0) is 42.5 Å². The predicted molar refractivity (Wildman–Crippen MR) is 113 cm³/mol. The minimum absolute atomic E-state index is 0.0774. The number of nitrogens with one attached hydrogen (secondary N) is 1. The highest BCUT2D eigenvalue weighted by Gasteiger charge is 2.22. The summed E-state index contributed by atoms with van der Waals surface area (Å²) in [6.45, 7) is 3.64. The second-order valence-corrected chi connectivity index (χ2v) is 8.46. The van der Waals surface area contributed by atoms with Crippen LogP contribution in [-0.4, -0.2) is 51.4 Å². The lowest BCUT2D eigenvalue weighted by Gasteiger charge is -2.18. The van der Waals surface area contributed by atoms with E-state index in [2.05, 4.69) is 5.32 Å². The normalized spacial score (nSPS) is 11.2. The maximum atomic E-state index is 12.5. The first-order valence-corrected chi connectivity index (χ1v) is 11.0. The van der Waals surface area contributed by atoms with Gasteiger partial charge in [-0.15, -0.1) is 0 Å². The monoisotopic (exact) mass is 454 g/mol. The van der Waals surface area contributed by atoms with Gasteiger partial charge in [-0.1, -0.05) is 25.4 Å². The molecule has 0 aliphatic heterocycles. The number of carbonyl (C=O) groups excluding carboxylic acids is 2. The van der Waals surface area contributed by atoms with Crippen LogP contribution >= 0.6 is 11.6 Å². The van der Waals surface area contributed by atoms with Crippen LogP contribution in [-0.2, 0) is 19.6 Å². The number of amides is 1. The number of nitrogens with zero attached hydrogens (tertiary/aromatic N) is 1. The quantitative estimate of drug-likeness (QED) is 0.584. The van der Waals surface area contributed by atoms with Gasteiger partial charge in [-0.25, -0.2) is 13.2 Å². The Kier molecular flexibility index (Phi) is 8.22. The summed E-state index contributed by atoms with van der Waals surface area (Å²) in [4.78, 5) is 24.3. The molecule has 2 aromatic rings. The zero-order valence-corrected chi connectivity index (χ0v) is 18.4. The first kappa shape index (κ1) is 23.7. The molecule has 2 aromatic carbocycles. The summed E-state index contributed by atoms with van der Waals surface area (Å²) < 4.78 is 36.4. The fraction of sp³-hybridized carbons (Fsp3) is 0.300. The standard InChI is InChI=1S/C20H23ClN2O6S/c1-4-23(5-2)30(26,27)16-9-6-14(7-10-16)20(25)29-13-19(24)22-17-12-15(21)8-11-18(17)28-3/h6-12H,4-5,13H2,1-3H3,(H,22,24). The Balaban J connectivity index is 2.00. The SMILES string of the molecule is CCN(CC)S(=O)(=O)c1ccc(C(=O)OCC(=O)Nc2cc(Cl)ccc2OC)cc1. The van der Waals surface area contributed by atoms with E-state index in [4.69, 9.17) is 21.1 Å². The number of hydrogen-bond acceptors (Lipinski definition) is 6. The lowest BCUT2D eigenvalue weighted by molar-refractivity contribution is -0.119. The van der Waals surface area contributed by atoms with Crippen LogP contribution in [0.15, 0.2) is 47.4 Å². The van der Waals surface area contributed by atoms with Gasteiger partial charge in [0.1, 0.15) is 5.75 Å². The number of ether oxygens (including phenoxy) is 2. The van der Waals surface area contributed by atoms with Crippen molar-refractivity contribution in [3.8, 4) is 5.75 Å². The maximum Gasteiger partial charge on any atom is 0.338 e. The third-order valence-corrected chi connectivity index (χ3v) is 6.50. The fourth-order valence-corrected chi connectivity index (χ4v) is 4.28. The number of hydrogen-bond donors (Lipinski definition) is 1. The van der Waals surface area contributed by atoms with Gasteiger partial charge in [0.05, 0.1) is 23.3 Å². The van der Waals surface area contributed by atoms with Gasteiger partial charge in [-0.2, -0.15) is 4.31 Å². The molecule has 0 saturated carbocycles. The van der Waals surface area contributed by atoms with E-state index in [1.54, 1.807) is 26.0 Å². The average Bonchev–Trinajstić information content (AvgIpc) is 2.73. The lowest BCUT2D eigenvalue weighted by atomic mass is 10.2. The van der Waals surface area contributed by atoms with Gasteiger partial charge in [-0.3, -0.25) is 4.79 Å². The van der Waals surface area contributed by atoms with Gasteiger partial charge < -0.3 is 14.8 Å². The van der Waals surface area contributed by atoms with E-state index in [1.807, 2.05) is 0 Å². The number of rotatable bonds is 9. The van der Waals surface area contributed by atoms with Crippen LogP contribution < -0.4 is 10.1 Å². The van der Waals surface area contributed by atoms with Crippen molar-refractivity contribution in [2.24, 2.45) is 0 Å². The second-order valence-electron chi connectivity index (χ2n) is 6.08. The van der Waals surface area contributed by atoms with Gasteiger partial charge >= 0.3 is 5.97 Å². The number of carbonyl (C=O) groups is 2. The summed E-state index contributed by atoms with van der Waals surface area (Å²) in [5.74, 6) is -0.927. The molecular formula is C20H23ClN2O6S. The molecule has 0 heterocycles. The number of halogens is 1. The first-order valence-electron chi connectivity index (χ1n) is 9.13. The third-order valence-electron chi connectivity index (χ3n) is 4.20. The molecule has 30 heavy (non-hydrogen) atoms. The summed E-state index contributed by atoms with van der Waals surface area (Å²) in [6, 6.07) is 10.1. The summed E-state index contributed by atoms with van der Waals surface area (Å²) in [5.41, 5.74) is 0.471. The van der Waals surface area contributed by atoms with Crippen molar-refractivity contribution in [3.63, 3.8) is 0 Å². The van der Waals surface area contributed by atoms with Crippen LogP contribution in [0.4, 0.5) is 5.69 Å². The predicted octanol–water partition coefficient (Wildman–Crippen LogP) is 3.17. The largest absolute Gasteiger partial charge is 0.495 e. The molecule has 0 saturated heterocycles. The van der Waals surface area contributed by atoms with E-state index in [9.17, 15) is 18.0 Å². The number of benzene rings is 2. The highest BCUT2D eigenvalue weighted by Crippen LogP contribution is 2.27. The molecule has 0 atom stereocenters. The van der Waals surface area contributed by atoms with Gasteiger partial charge in [0.2, 0.25) is 10.0 Å². The number of anilines is 1. The maximum absolute atomic E-state index is 12.5. The number of methoxy groups -OCH3 is 1. The molecule has 0 bridgehead atoms. The number of esters is 1. The van der Waals surface area contributed by atoms with Crippen molar-refractivity contribution in [2.75, 3.05) is 32.1 Å². The molecule has 0 radical (unpaired) electrons. The third kappa shape index (κ3) is 5.71. The summed E-state index contributed by atoms with van der Waals surface area (Å²) in [5, 5.41) is 2.96. The van der Waals surface area contributed by atoms with E-state index >= 15 is 0 Å². The molecule has 8 nitrogen and oxygen atoms in total. The van der Waals surface area contributed by atoms with Crippen molar-refractivity contribution >= 4 is 39.2 Å². The smallest absolute Gasteiger partial charge is 0.338 e. The van der Waals surface area contributed by atoms with Crippen LogP contribution in [0.5, 0.6) is 5.75 Å². The summed E-state index contributed by atoms with van der Waals surface area (Å²) in [7, 11) is -2.17. The second kappa shape index (κ2) is 10.4. The van der Waals surface area contributed by atoms with Crippen LogP contribution in [0.2, 0.25) is 5.02 Å². The van der Waals surface area contributed by atoms with E-state index in [-0.39, 0.29) is 10.5 Å². The minimum Gasteiger partial charge on any atom is -0.495 e. The molecule has 0 fully saturated rings. The van der Waals surface area contributed by atoms with Crippen LogP contribution in [0, 0.1) is 0 Å². The topological polar surface area (TPSA) is 102 Å². The molecule has 0 aliphatic rings. The molecule has 0 unspecified atom stereocenters. The van der Waals surface area contributed by atoms with Crippen LogP contribution in [0.1, 0.15) is 24.2 Å². The van der Waals surface area contributed by atoms with Gasteiger partial charge in [0.15, 0.2) is 6.61 Å². The highest BCUT2D eigenvalue weighted by molar-refractivity contribution is 7.89. The zero-order valence-electron chi connectivity index (χ0n) is 16.8. The molecule has 2 rings (SSSR count). The molecule has 0 aliphatic carbocycles. The highest BCUT2D eigenvalue weighted by atomic mass is 35.5. The summed E-state index contributed by atoms with van der Waals surface area (Å²) >= 11 is 5.91. The fourth-order valence-electron chi connectivity index (χ4n) is 2.65. The minimum atomic E-state index is -3.62. The Morgan fingerprint density at radius 1 is 1.07 bits per heavy atom. The van der Waals surface area contributed by atoms with Crippen molar-refractivity contribution in [1.82, 2.24) is 4.31 Å². The zero-order chi connectivity index (χ0) is 22.3. The van der Waals surface area contributed by atoms with E-state index in [0.717, 1.165) is 0 Å². The molecule has 162 valence electrons. The molecule has 0 spiro atoms. The molecule has 1 N–H and O–H groups in total. The molecule has 10 heteroatoms. The molecular weight excluding hydrogens is 432 g/mol. The first-order chi connectivity index (χ1) is 14.2. The van der Waals surface area contributed by atoms with E-state index in [1.165, 1.54) is 41.7 Å². The van der Waals surface area contributed by atoms with E-state index in [0.29, 0.717) is 29.5 Å². The Bertz CT molecular complexity index is 1000. The summed E-state index contributed by atoms with van der Waals surface area (Å²) in [6.07, 6.45) is 0. The number of sulfonamides is 1. The van der Waals surface area contributed by atoms with Gasteiger partial charge in [0.25, 0.3) is 5.91 Å². The van der Waals surface area contributed by atoms with Crippen molar-refractivity contribution in [3.05, 3.63) is 53.1 Å². The molecule has 1 amide bonds.